The van der Waals surface area contributed by atoms with E-state index in [1.54, 1.807) is 14.2 Å². The van der Waals surface area contributed by atoms with E-state index >= 15 is 0 Å². The van der Waals surface area contributed by atoms with Crippen LogP contribution in [-0.2, 0) is 14.3 Å². The standard InChI is InChI=1S/C13H24O2.C2H6O/c1-3-5-6-7-8-9-10-11-12-15-13(14)4-2;1-3-2/h4H,2-3,5-12H2,1H3;1-2H3. The van der Waals surface area contributed by atoms with Crippen molar-refractivity contribution in [3.8, 4) is 0 Å². The molecule has 0 atom stereocenters. The first kappa shape index (κ1) is 19.5. The fourth-order valence-electron chi connectivity index (χ4n) is 1.47. The molecule has 108 valence electrons. The maximum Gasteiger partial charge on any atom is 0.330 e. The molecule has 0 saturated carbocycles. The highest BCUT2D eigenvalue weighted by molar-refractivity contribution is 5.81. The van der Waals surface area contributed by atoms with Gasteiger partial charge in [-0.15, -0.1) is 0 Å². The van der Waals surface area contributed by atoms with E-state index in [2.05, 4.69) is 18.2 Å². The molecule has 0 heterocycles. The van der Waals surface area contributed by atoms with Crippen molar-refractivity contribution in [2.75, 3.05) is 20.8 Å². The van der Waals surface area contributed by atoms with Gasteiger partial charge in [0.1, 0.15) is 0 Å². The summed E-state index contributed by atoms with van der Waals surface area (Å²) in [6.07, 6.45) is 11.3. The summed E-state index contributed by atoms with van der Waals surface area (Å²) >= 11 is 0. The van der Waals surface area contributed by atoms with Gasteiger partial charge in [-0.1, -0.05) is 58.4 Å². The van der Waals surface area contributed by atoms with Crippen molar-refractivity contribution in [2.24, 2.45) is 0 Å². The number of unbranched alkanes of at least 4 members (excludes halogenated alkanes) is 7. The fraction of sp³-hybridized carbons (Fsp3) is 0.800. The van der Waals surface area contributed by atoms with Crippen molar-refractivity contribution in [1.29, 1.82) is 0 Å². The SMILES string of the molecule is C=CC(=O)OCCCCCCCCCC.COC. The van der Waals surface area contributed by atoms with Crippen molar-refractivity contribution >= 4 is 5.97 Å². The van der Waals surface area contributed by atoms with Crippen molar-refractivity contribution in [2.45, 2.75) is 58.3 Å². The molecule has 0 rings (SSSR count). The average molecular weight is 258 g/mol. The summed E-state index contributed by atoms with van der Waals surface area (Å²) in [7, 11) is 3.25. The molecule has 0 spiro atoms. The quantitative estimate of drug-likeness (QED) is 0.336. The van der Waals surface area contributed by atoms with Crippen molar-refractivity contribution in [1.82, 2.24) is 0 Å². The second kappa shape index (κ2) is 18.5. The number of rotatable bonds is 10. The molecule has 0 aromatic carbocycles. The number of carbonyl (C=O) groups excluding carboxylic acids is 1. The van der Waals surface area contributed by atoms with Crippen LogP contribution >= 0.6 is 0 Å². The minimum Gasteiger partial charge on any atom is -0.463 e. The van der Waals surface area contributed by atoms with Gasteiger partial charge in [-0.05, 0) is 6.42 Å². The molecular formula is C15H30O3. The molecule has 0 aliphatic heterocycles. The first-order chi connectivity index (χ1) is 8.72. The number of ether oxygens (including phenoxy) is 2. The molecule has 0 aromatic rings. The molecule has 18 heavy (non-hydrogen) atoms. The Kier molecular flexibility index (Phi) is 20.1. The summed E-state index contributed by atoms with van der Waals surface area (Å²) in [5.74, 6) is -0.307. The van der Waals surface area contributed by atoms with E-state index in [1.807, 2.05) is 0 Å². The molecule has 0 unspecified atom stereocenters. The van der Waals surface area contributed by atoms with E-state index in [4.69, 9.17) is 4.74 Å². The highest BCUT2D eigenvalue weighted by atomic mass is 16.5. The minimum atomic E-state index is -0.307. The summed E-state index contributed by atoms with van der Waals surface area (Å²) in [4.78, 5) is 10.7. The van der Waals surface area contributed by atoms with Crippen molar-refractivity contribution in [3.63, 3.8) is 0 Å². The van der Waals surface area contributed by atoms with Crippen LogP contribution < -0.4 is 0 Å². The Hall–Kier alpha value is -0.830. The number of hydrogen-bond acceptors (Lipinski definition) is 3. The predicted molar refractivity (Wildman–Crippen MR) is 76.7 cm³/mol. The lowest BCUT2D eigenvalue weighted by Gasteiger charge is -2.02. The van der Waals surface area contributed by atoms with E-state index in [-0.39, 0.29) is 5.97 Å². The van der Waals surface area contributed by atoms with Gasteiger partial charge in [-0.3, -0.25) is 0 Å². The third-order valence-corrected chi connectivity index (χ3v) is 2.41. The van der Waals surface area contributed by atoms with E-state index in [9.17, 15) is 4.79 Å². The molecular weight excluding hydrogens is 228 g/mol. The van der Waals surface area contributed by atoms with Gasteiger partial charge in [-0.2, -0.15) is 0 Å². The second-order valence-electron chi connectivity index (χ2n) is 4.25. The van der Waals surface area contributed by atoms with Crippen LogP contribution in [0.4, 0.5) is 0 Å². The molecule has 0 aliphatic rings. The lowest BCUT2D eigenvalue weighted by atomic mass is 10.1. The van der Waals surface area contributed by atoms with E-state index in [0.29, 0.717) is 6.61 Å². The summed E-state index contributed by atoms with van der Waals surface area (Å²) < 4.78 is 9.13. The molecule has 3 heteroatoms. The van der Waals surface area contributed by atoms with E-state index in [0.717, 1.165) is 12.8 Å². The number of methoxy groups -OCH3 is 1. The Bertz CT molecular complexity index is 179. The van der Waals surface area contributed by atoms with E-state index in [1.165, 1.54) is 44.6 Å². The molecule has 0 aliphatic carbocycles. The smallest absolute Gasteiger partial charge is 0.330 e. The average Bonchev–Trinajstić information content (AvgIpc) is 2.37. The third-order valence-electron chi connectivity index (χ3n) is 2.41. The zero-order valence-electron chi connectivity index (χ0n) is 12.4. The maximum atomic E-state index is 10.7. The number of carbonyl (C=O) groups is 1. The molecule has 0 saturated heterocycles. The lowest BCUT2D eigenvalue weighted by molar-refractivity contribution is -0.137. The van der Waals surface area contributed by atoms with Gasteiger partial charge in [0.05, 0.1) is 6.61 Å². The van der Waals surface area contributed by atoms with Gasteiger partial charge in [-0.25, -0.2) is 4.79 Å². The van der Waals surface area contributed by atoms with Gasteiger partial charge < -0.3 is 9.47 Å². The largest absolute Gasteiger partial charge is 0.463 e. The summed E-state index contributed by atoms with van der Waals surface area (Å²) in [6, 6.07) is 0. The Morgan fingerprint density at radius 2 is 1.44 bits per heavy atom. The summed E-state index contributed by atoms with van der Waals surface area (Å²) in [5, 5.41) is 0. The van der Waals surface area contributed by atoms with Crippen LogP contribution in [0.15, 0.2) is 12.7 Å². The topological polar surface area (TPSA) is 35.5 Å². The maximum absolute atomic E-state index is 10.7. The number of esters is 1. The minimum absolute atomic E-state index is 0.307. The highest BCUT2D eigenvalue weighted by Crippen LogP contribution is 2.08. The second-order valence-corrected chi connectivity index (χ2v) is 4.25. The highest BCUT2D eigenvalue weighted by Gasteiger charge is 1.95. The first-order valence-corrected chi connectivity index (χ1v) is 6.92. The molecule has 0 N–H and O–H groups in total. The summed E-state index contributed by atoms with van der Waals surface area (Å²) in [5.41, 5.74) is 0. The van der Waals surface area contributed by atoms with Crippen LogP contribution in [0.1, 0.15) is 58.3 Å². The van der Waals surface area contributed by atoms with Gasteiger partial charge >= 0.3 is 5.97 Å². The molecule has 0 fully saturated rings. The van der Waals surface area contributed by atoms with Gasteiger partial charge in [0, 0.05) is 20.3 Å². The van der Waals surface area contributed by atoms with Crippen LogP contribution in [0.5, 0.6) is 0 Å². The first-order valence-electron chi connectivity index (χ1n) is 6.92. The van der Waals surface area contributed by atoms with Crippen LogP contribution in [0.2, 0.25) is 0 Å². The van der Waals surface area contributed by atoms with Crippen LogP contribution in [0.3, 0.4) is 0 Å². The lowest BCUT2D eigenvalue weighted by Crippen LogP contribution is -2.01. The van der Waals surface area contributed by atoms with E-state index < -0.39 is 0 Å². The Morgan fingerprint density at radius 3 is 1.89 bits per heavy atom. The Morgan fingerprint density at radius 1 is 1.00 bits per heavy atom. The fourth-order valence-corrected chi connectivity index (χ4v) is 1.47. The van der Waals surface area contributed by atoms with Gasteiger partial charge in [0.2, 0.25) is 0 Å². The molecule has 0 amide bonds. The monoisotopic (exact) mass is 258 g/mol. The van der Waals surface area contributed by atoms with Gasteiger partial charge in [0.15, 0.2) is 0 Å². The number of hydrogen-bond donors (Lipinski definition) is 0. The predicted octanol–water partition coefficient (Wildman–Crippen LogP) is 4.12. The molecule has 0 aromatic heterocycles. The zero-order valence-corrected chi connectivity index (χ0v) is 12.4. The van der Waals surface area contributed by atoms with Crippen LogP contribution in [0, 0.1) is 0 Å². The van der Waals surface area contributed by atoms with Gasteiger partial charge in [0.25, 0.3) is 0 Å². The molecule has 0 radical (unpaired) electrons. The van der Waals surface area contributed by atoms with Crippen LogP contribution in [-0.4, -0.2) is 26.8 Å². The summed E-state index contributed by atoms with van der Waals surface area (Å²) in [6.45, 7) is 6.11. The molecule has 0 bridgehead atoms. The van der Waals surface area contributed by atoms with Crippen molar-refractivity contribution in [3.05, 3.63) is 12.7 Å². The Labute approximate surface area is 113 Å². The zero-order chi connectivity index (χ0) is 14.1. The molecule has 3 nitrogen and oxygen atoms in total. The normalized spacial score (nSPS) is 9.28. The third kappa shape index (κ3) is 20.6. The van der Waals surface area contributed by atoms with Crippen LogP contribution in [0.25, 0.3) is 0 Å². The Balaban J connectivity index is 0. The van der Waals surface area contributed by atoms with Crippen molar-refractivity contribution < 1.29 is 14.3 Å².